The van der Waals surface area contributed by atoms with Crippen molar-refractivity contribution in [2.24, 2.45) is 23.7 Å². The maximum atomic E-state index is 11.8. The van der Waals surface area contributed by atoms with Crippen LogP contribution in [0, 0.1) is 23.7 Å². The van der Waals surface area contributed by atoms with Crippen LogP contribution in [0.15, 0.2) is 24.3 Å². The topological polar surface area (TPSA) is 80.7 Å². The van der Waals surface area contributed by atoms with Crippen LogP contribution in [-0.2, 0) is 19.1 Å². The van der Waals surface area contributed by atoms with E-state index in [0.717, 1.165) is 25.7 Å². The van der Waals surface area contributed by atoms with Crippen molar-refractivity contribution in [2.75, 3.05) is 6.61 Å². The molecule has 6 atom stereocenters. The molecule has 0 spiro atoms. The van der Waals surface area contributed by atoms with Gasteiger partial charge in [-0.3, -0.25) is 14.4 Å². The van der Waals surface area contributed by atoms with Gasteiger partial charge in [0.15, 0.2) is 6.29 Å². The van der Waals surface area contributed by atoms with E-state index >= 15 is 0 Å². The Labute approximate surface area is 168 Å². The van der Waals surface area contributed by atoms with Crippen molar-refractivity contribution < 1.29 is 24.2 Å². The predicted molar refractivity (Wildman–Crippen MR) is 108 cm³/mol. The Kier molecular flexibility index (Phi) is 9.26. The quantitative estimate of drug-likeness (QED) is 0.532. The average Bonchev–Trinajstić information content (AvgIpc) is 2.64. The number of ketones is 2. The highest BCUT2D eigenvalue weighted by molar-refractivity contribution is 6.25. The highest BCUT2D eigenvalue weighted by Gasteiger charge is 2.28. The van der Waals surface area contributed by atoms with Crippen molar-refractivity contribution in [1.29, 1.82) is 0 Å². The first-order valence-corrected chi connectivity index (χ1v) is 10.5. The number of hydrogen-bond acceptors (Lipinski definition) is 5. The third-order valence-corrected chi connectivity index (χ3v) is 6.03. The molecule has 28 heavy (non-hydrogen) atoms. The molecule has 156 valence electrons. The maximum Gasteiger partial charge on any atom is 0.220 e. The third-order valence-electron chi connectivity index (χ3n) is 6.03. The highest BCUT2D eigenvalue weighted by atomic mass is 16.5. The zero-order valence-electron chi connectivity index (χ0n) is 17.1. The number of carbonyl (C=O) groups is 3. The molecular formula is C23H34O5. The van der Waals surface area contributed by atoms with Crippen LogP contribution in [0.1, 0.15) is 58.8 Å². The van der Waals surface area contributed by atoms with Crippen molar-refractivity contribution in [1.82, 2.24) is 0 Å². The molecule has 5 nitrogen and oxygen atoms in total. The van der Waals surface area contributed by atoms with Crippen LogP contribution in [0.2, 0.25) is 0 Å². The summed E-state index contributed by atoms with van der Waals surface area (Å²) in [5, 5.41) is 9.89. The molecule has 1 saturated carbocycles. The zero-order valence-corrected chi connectivity index (χ0v) is 17.1. The number of rotatable bonds is 7. The van der Waals surface area contributed by atoms with Crippen molar-refractivity contribution in [3.05, 3.63) is 24.3 Å². The van der Waals surface area contributed by atoms with Crippen molar-refractivity contribution in [3.63, 3.8) is 0 Å². The minimum absolute atomic E-state index is 0.0823. The molecule has 0 unspecified atom stereocenters. The summed E-state index contributed by atoms with van der Waals surface area (Å²) in [5.74, 6) is 0.907. The van der Waals surface area contributed by atoms with Gasteiger partial charge in [0.2, 0.25) is 5.78 Å². The van der Waals surface area contributed by atoms with E-state index in [9.17, 15) is 19.5 Å². The van der Waals surface area contributed by atoms with E-state index in [0.29, 0.717) is 43.3 Å². The second-order valence-electron chi connectivity index (χ2n) is 8.63. The molecule has 5 heteroatoms. The third kappa shape index (κ3) is 7.80. The van der Waals surface area contributed by atoms with Gasteiger partial charge < -0.3 is 9.84 Å². The standard InChI is InChI=1S/C23H34O5/c1-16-5-3-4-6-17(2)19(12-23(9-16)28-15-22(27)14-24)8-7-18-10-20(25)13-21(26)11-18/h3-6,14,16-20,23,25H,7-13,15H2,1-2H3/b5-3?,6-4-/t16-,17-,18+,19+,20+,23-/m0/s1. The fourth-order valence-electron chi connectivity index (χ4n) is 4.43. The summed E-state index contributed by atoms with van der Waals surface area (Å²) in [7, 11) is 0. The highest BCUT2D eigenvalue weighted by Crippen LogP contribution is 2.33. The van der Waals surface area contributed by atoms with Crippen LogP contribution in [0.25, 0.3) is 0 Å². The first-order chi connectivity index (χ1) is 13.4. The van der Waals surface area contributed by atoms with Crippen LogP contribution in [0.4, 0.5) is 0 Å². The lowest BCUT2D eigenvalue weighted by Crippen LogP contribution is -2.28. The summed E-state index contributed by atoms with van der Waals surface area (Å²) in [6.07, 6.45) is 13.3. The molecule has 2 aliphatic carbocycles. The molecular weight excluding hydrogens is 356 g/mol. The number of aliphatic hydroxyl groups excluding tert-OH is 1. The average molecular weight is 391 g/mol. The molecule has 0 radical (unpaired) electrons. The Balaban J connectivity index is 2.02. The monoisotopic (exact) mass is 390 g/mol. The predicted octanol–water partition coefficient (Wildman–Crippen LogP) is 3.44. The second kappa shape index (κ2) is 11.4. The number of allylic oxidation sites excluding steroid dienone is 4. The molecule has 0 saturated heterocycles. The van der Waals surface area contributed by atoms with Crippen LogP contribution >= 0.6 is 0 Å². The van der Waals surface area contributed by atoms with Gasteiger partial charge in [-0.2, -0.15) is 0 Å². The molecule has 0 aromatic carbocycles. The summed E-state index contributed by atoms with van der Waals surface area (Å²) in [5.41, 5.74) is 0. The minimum Gasteiger partial charge on any atom is -0.393 e. The molecule has 0 amide bonds. The van der Waals surface area contributed by atoms with E-state index in [1.165, 1.54) is 0 Å². The van der Waals surface area contributed by atoms with E-state index in [1.807, 2.05) is 0 Å². The van der Waals surface area contributed by atoms with Gasteiger partial charge in [-0.1, -0.05) is 38.2 Å². The largest absolute Gasteiger partial charge is 0.393 e. The Hall–Kier alpha value is -1.59. The smallest absolute Gasteiger partial charge is 0.220 e. The van der Waals surface area contributed by atoms with E-state index in [1.54, 1.807) is 0 Å². The number of aldehydes is 1. The Morgan fingerprint density at radius 3 is 2.61 bits per heavy atom. The maximum absolute atomic E-state index is 11.8. The minimum atomic E-state index is -0.528. The number of hydrogen-bond donors (Lipinski definition) is 1. The number of aliphatic hydroxyl groups is 1. The van der Waals surface area contributed by atoms with E-state index in [-0.39, 0.29) is 24.4 Å². The molecule has 0 aromatic rings. The summed E-state index contributed by atoms with van der Waals surface area (Å²) in [4.78, 5) is 33.8. The lowest BCUT2D eigenvalue weighted by atomic mass is 9.77. The first kappa shape index (κ1) is 22.7. The van der Waals surface area contributed by atoms with Crippen LogP contribution in [0.3, 0.4) is 0 Å². The second-order valence-corrected chi connectivity index (χ2v) is 8.63. The fraction of sp³-hybridized carbons (Fsp3) is 0.696. The van der Waals surface area contributed by atoms with Crippen molar-refractivity contribution in [2.45, 2.75) is 71.0 Å². The molecule has 0 bridgehead atoms. The molecule has 0 heterocycles. The summed E-state index contributed by atoms with van der Waals surface area (Å²) < 4.78 is 5.81. The Morgan fingerprint density at radius 1 is 1.14 bits per heavy atom. The number of ether oxygens (including phenoxy) is 1. The van der Waals surface area contributed by atoms with E-state index in [4.69, 9.17) is 4.74 Å². The summed E-state index contributed by atoms with van der Waals surface area (Å²) in [6, 6.07) is 0. The Morgan fingerprint density at radius 2 is 1.89 bits per heavy atom. The van der Waals surface area contributed by atoms with Gasteiger partial charge in [-0.25, -0.2) is 0 Å². The first-order valence-electron chi connectivity index (χ1n) is 10.5. The fourth-order valence-corrected chi connectivity index (χ4v) is 4.43. The van der Waals surface area contributed by atoms with Gasteiger partial charge in [0, 0.05) is 12.8 Å². The molecule has 2 aliphatic rings. The van der Waals surface area contributed by atoms with Gasteiger partial charge in [0.1, 0.15) is 12.4 Å². The zero-order chi connectivity index (χ0) is 20.5. The lowest BCUT2D eigenvalue weighted by molar-refractivity contribution is -0.134. The summed E-state index contributed by atoms with van der Waals surface area (Å²) >= 11 is 0. The van der Waals surface area contributed by atoms with Crippen LogP contribution < -0.4 is 0 Å². The SMILES string of the molecule is C[C@H]1C=C/C=C\[C@H](C)[C@H](CC[C@H]2CC(=O)C[C@H](O)C2)C[C@@H](OCC(=O)C=O)C1. The summed E-state index contributed by atoms with van der Waals surface area (Å²) in [6.45, 7) is 4.15. The van der Waals surface area contributed by atoms with Crippen LogP contribution in [-0.4, -0.2) is 41.8 Å². The van der Waals surface area contributed by atoms with Crippen LogP contribution in [0.5, 0.6) is 0 Å². The number of carbonyl (C=O) groups excluding carboxylic acids is 3. The molecule has 0 aromatic heterocycles. The molecule has 2 rings (SSSR count). The lowest BCUT2D eigenvalue weighted by Gasteiger charge is -2.31. The van der Waals surface area contributed by atoms with Gasteiger partial charge in [-0.05, 0) is 55.8 Å². The van der Waals surface area contributed by atoms with Gasteiger partial charge in [0.25, 0.3) is 0 Å². The van der Waals surface area contributed by atoms with Gasteiger partial charge in [-0.15, -0.1) is 0 Å². The van der Waals surface area contributed by atoms with Crippen molar-refractivity contribution in [3.8, 4) is 0 Å². The van der Waals surface area contributed by atoms with Gasteiger partial charge in [0.05, 0.1) is 12.2 Å². The molecule has 1 N–H and O–H groups in total. The number of Topliss-reactive ketones (excluding diaryl/α,β-unsaturated/α-hetero) is 2. The molecule has 1 fully saturated rings. The van der Waals surface area contributed by atoms with E-state index < -0.39 is 11.9 Å². The van der Waals surface area contributed by atoms with Crippen molar-refractivity contribution >= 4 is 17.9 Å². The van der Waals surface area contributed by atoms with Gasteiger partial charge >= 0.3 is 0 Å². The van der Waals surface area contributed by atoms with E-state index in [2.05, 4.69) is 38.2 Å². The Bertz CT molecular complexity index is 594. The normalized spacial score (nSPS) is 35.3. The molecule has 0 aliphatic heterocycles.